The molecule has 0 saturated heterocycles. The number of pyridine rings is 1. The molecule has 1 aromatic heterocycles. The average Bonchev–Trinajstić information content (AvgIpc) is 2.42. The quantitative estimate of drug-likeness (QED) is 0.880. The summed E-state index contributed by atoms with van der Waals surface area (Å²) in [4.78, 5) is 4.13. The van der Waals surface area contributed by atoms with Crippen molar-refractivity contribution in [3.8, 4) is 5.75 Å². The van der Waals surface area contributed by atoms with E-state index in [4.69, 9.17) is 0 Å². The van der Waals surface area contributed by atoms with Crippen molar-refractivity contribution >= 4 is 0 Å². The Morgan fingerprint density at radius 3 is 2.63 bits per heavy atom. The highest BCUT2D eigenvalue weighted by Gasteiger charge is 2.14. The zero-order valence-corrected chi connectivity index (χ0v) is 11.6. The van der Waals surface area contributed by atoms with Crippen molar-refractivity contribution in [3.05, 3.63) is 59.4 Å². The lowest BCUT2D eigenvalue weighted by Crippen LogP contribution is -2.22. The first-order valence-electron chi connectivity index (χ1n) is 6.53. The van der Waals surface area contributed by atoms with Gasteiger partial charge in [-0.05, 0) is 38.5 Å². The van der Waals surface area contributed by atoms with Crippen LogP contribution in [0.3, 0.4) is 0 Å². The van der Waals surface area contributed by atoms with Crippen LogP contribution in [0.5, 0.6) is 5.75 Å². The smallest absolute Gasteiger partial charge is 0.120 e. The van der Waals surface area contributed by atoms with Crippen molar-refractivity contribution in [2.45, 2.75) is 32.9 Å². The molecule has 2 aromatic rings. The Kier molecular flexibility index (Phi) is 4.17. The van der Waals surface area contributed by atoms with E-state index < -0.39 is 0 Å². The predicted molar refractivity (Wildman–Crippen MR) is 77.0 cm³/mol. The molecule has 2 atom stereocenters. The van der Waals surface area contributed by atoms with Gasteiger partial charge in [-0.3, -0.25) is 4.98 Å². The van der Waals surface area contributed by atoms with Gasteiger partial charge in [-0.2, -0.15) is 0 Å². The van der Waals surface area contributed by atoms with Crippen LogP contribution in [-0.2, 0) is 0 Å². The summed E-state index contributed by atoms with van der Waals surface area (Å²) in [6, 6.07) is 9.92. The molecule has 3 heteroatoms. The topological polar surface area (TPSA) is 45.1 Å². The number of benzene rings is 1. The molecule has 1 unspecified atom stereocenters. The van der Waals surface area contributed by atoms with Crippen LogP contribution >= 0.6 is 0 Å². The SMILES string of the molecule is Cc1ccc(O)c(C(C)N[C@@H](C)c2cccnc2)c1. The van der Waals surface area contributed by atoms with E-state index in [1.807, 2.05) is 37.4 Å². The van der Waals surface area contributed by atoms with Crippen LogP contribution in [0.15, 0.2) is 42.7 Å². The second-order valence-electron chi connectivity index (χ2n) is 4.96. The third-order valence-electron chi connectivity index (χ3n) is 3.33. The molecule has 0 amide bonds. The zero-order chi connectivity index (χ0) is 13.8. The van der Waals surface area contributed by atoms with Gasteiger partial charge in [0.05, 0.1) is 0 Å². The minimum absolute atomic E-state index is 0.0788. The number of nitrogens with one attached hydrogen (secondary N) is 1. The van der Waals surface area contributed by atoms with Crippen molar-refractivity contribution in [1.82, 2.24) is 10.3 Å². The molecule has 0 aliphatic heterocycles. The number of phenolic OH excluding ortho intramolecular Hbond substituents is 1. The number of aromatic hydroxyl groups is 1. The van der Waals surface area contributed by atoms with Crippen molar-refractivity contribution in [1.29, 1.82) is 0 Å². The van der Waals surface area contributed by atoms with Gasteiger partial charge in [0.1, 0.15) is 5.75 Å². The van der Waals surface area contributed by atoms with Crippen LogP contribution in [0.2, 0.25) is 0 Å². The van der Waals surface area contributed by atoms with E-state index in [-0.39, 0.29) is 12.1 Å². The first-order valence-corrected chi connectivity index (χ1v) is 6.53. The molecular weight excluding hydrogens is 236 g/mol. The van der Waals surface area contributed by atoms with Crippen LogP contribution in [-0.4, -0.2) is 10.1 Å². The van der Waals surface area contributed by atoms with E-state index >= 15 is 0 Å². The van der Waals surface area contributed by atoms with Crippen LogP contribution in [0.1, 0.15) is 42.6 Å². The monoisotopic (exact) mass is 256 g/mol. The highest BCUT2D eigenvalue weighted by Crippen LogP contribution is 2.27. The first kappa shape index (κ1) is 13.6. The van der Waals surface area contributed by atoms with Gasteiger partial charge in [0, 0.05) is 30.0 Å². The first-order chi connectivity index (χ1) is 9.08. The van der Waals surface area contributed by atoms with E-state index in [2.05, 4.69) is 24.1 Å². The van der Waals surface area contributed by atoms with Gasteiger partial charge in [0.25, 0.3) is 0 Å². The maximum absolute atomic E-state index is 9.94. The number of rotatable bonds is 4. The Labute approximate surface area is 114 Å². The minimum atomic E-state index is 0.0788. The second-order valence-corrected chi connectivity index (χ2v) is 4.96. The van der Waals surface area contributed by atoms with Gasteiger partial charge in [0.2, 0.25) is 0 Å². The van der Waals surface area contributed by atoms with Gasteiger partial charge in [0.15, 0.2) is 0 Å². The molecule has 0 bridgehead atoms. The van der Waals surface area contributed by atoms with Gasteiger partial charge >= 0.3 is 0 Å². The summed E-state index contributed by atoms with van der Waals surface area (Å²) in [5.41, 5.74) is 3.22. The Morgan fingerprint density at radius 1 is 1.16 bits per heavy atom. The van der Waals surface area contributed by atoms with Gasteiger partial charge in [-0.1, -0.05) is 23.8 Å². The second kappa shape index (κ2) is 5.85. The predicted octanol–water partition coefficient (Wildman–Crippen LogP) is 3.51. The summed E-state index contributed by atoms with van der Waals surface area (Å²) in [5, 5.41) is 13.4. The van der Waals surface area contributed by atoms with Crippen LogP contribution < -0.4 is 5.32 Å². The molecule has 0 aliphatic rings. The van der Waals surface area contributed by atoms with Crippen LogP contribution in [0.25, 0.3) is 0 Å². The maximum Gasteiger partial charge on any atom is 0.120 e. The molecule has 0 saturated carbocycles. The van der Waals surface area contributed by atoms with Crippen molar-refractivity contribution in [3.63, 3.8) is 0 Å². The molecule has 0 fully saturated rings. The summed E-state index contributed by atoms with van der Waals surface area (Å²) in [5.74, 6) is 0.337. The summed E-state index contributed by atoms with van der Waals surface area (Å²) < 4.78 is 0. The molecular formula is C16H20N2O. The molecule has 19 heavy (non-hydrogen) atoms. The molecule has 100 valence electrons. The molecule has 0 radical (unpaired) electrons. The van der Waals surface area contributed by atoms with Crippen molar-refractivity contribution < 1.29 is 5.11 Å². The molecule has 0 spiro atoms. The highest BCUT2D eigenvalue weighted by atomic mass is 16.3. The van der Waals surface area contributed by atoms with Gasteiger partial charge < -0.3 is 10.4 Å². The van der Waals surface area contributed by atoms with Gasteiger partial charge in [-0.25, -0.2) is 0 Å². The lowest BCUT2D eigenvalue weighted by molar-refractivity contribution is 0.438. The third kappa shape index (κ3) is 3.32. The molecule has 2 rings (SSSR count). The number of aromatic nitrogens is 1. The van der Waals surface area contributed by atoms with E-state index in [9.17, 15) is 5.11 Å². The maximum atomic E-state index is 9.94. The fourth-order valence-electron chi connectivity index (χ4n) is 2.21. The molecule has 2 N–H and O–H groups in total. The van der Waals surface area contributed by atoms with Crippen LogP contribution in [0.4, 0.5) is 0 Å². The lowest BCUT2D eigenvalue weighted by Gasteiger charge is -2.21. The summed E-state index contributed by atoms with van der Waals surface area (Å²) in [6.07, 6.45) is 3.63. The largest absolute Gasteiger partial charge is 0.508 e. The molecule has 1 heterocycles. The Balaban J connectivity index is 2.13. The number of nitrogens with zero attached hydrogens (tertiary/aromatic N) is 1. The molecule has 3 nitrogen and oxygen atoms in total. The lowest BCUT2D eigenvalue weighted by atomic mass is 10.0. The summed E-state index contributed by atoms with van der Waals surface area (Å²) in [6.45, 7) is 6.18. The number of hydrogen-bond acceptors (Lipinski definition) is 3. The third-order valence-corrected chi connectivity index (χ3v) is 3.33. The fraction of sp³-hybridized carbons (Fsp3) is 0.312. The molecule has 1 aromatic carbocycles. The van der Waals surface area contributed by atoms with Gasteiger partial charge in [-0.15, -0.1) is 0 Å². The normalized spacial score (nSPS) is 14.1. The zero-order valence-electron chi connectivity index (χ0n) is 11.6. The molecule has 0 aliphatic carbocycles. The van der Waals surface area contributed by atoms with Crippen molar-refractivity contribution in [2.75, 3.05) is 0 Å². The highest BCUT2D eigenvalue weighted by molar-refractivity contribution is 5.37. The number of phenols is 1. The fourth-order valence-corrected chi connectivity index (χ4v) is 2.21. The standard InChI is InChI=1S/C16H20N2O/c1-11-6-7-16(19)15(9-11)13(3)18-12(2)14-5-4-8-17-10-14/h4-10,12-13,18-19H,1-3H3/t12-,13?/m0/s1. The summed E-state index contributed by atoms with van der Waals surface area (Å²) in [7, 11) is 0. The Bertz CT molecular complexity index is 540. The summed E-state index contributed by atoms with van der Waals surface area (Å²) >= 11 is 0. The average molecular weight is 256 g/mol. The number of aryl methyl sites for hydroxylation is 1. The van der Waals surface area contributed by atoms with Crippen LogP contribution in [0, 0.1) is 6.92 Å². The van der Waals surface area contributed by atoms with E-state index in [0.717, 1.165) is 16.7 Å². The van der Waals surface area contributed by atoms with Crippen molar-refractivity contribution in [2.24, 2.45) is 0 Å². The minimum Gasteiger partial charge on any atom is -0.508 e. The number of hydrogen-bond donors (Lipinski definition) is 2. The van der Waals surface area contributed by atoms with E-state index in [1.165, 1.54) is 0 Å². The van der Waals surface area contributed by atoms with E-state index in [1.54, 1.807) is 12.3 Å². The van der Waals surface area contributed by atoms with E-state index in [0.29, 0.717) is 5.75 Å². The Morgan fingerprint density at radius 2 is 1.95 bits per heavy atom. The Hall–Kier alpha value is -1.87.